The fourth-order valence-electron chi connectivity index (χ4n) is 3.24. The summed E-state index contributed by atoms with van der Waals surface area (Å²) >= 11 is 0.730. The summed E-state index contributed by atoms with van der Waals surface area (Å²) < 4.78 is 11.1. The van der Waals surface area contributed by atoms with Gasteiger partial charge >= 0.3 is 17.9 Å². The number of hydrogen-bond donors (Lipinski definition) is 5. The average Bonchev–Trinajstić information content (AvgIpc) is 3.20. The predicted molar refractivity (Wildman–Crippen MR) is 135 cm³/mol. The molecule has 0 spiro atoms. The highest BCUT2D eigenvalue weighted by molar-refractivity contribution is 8.18. The summed E-state index contributed by atoms with van der Waals surface area (Å²) in [5.74, 6) is -4.71. The van der Waals surface area contributed by atoms with Crippen molar-refractivity contribution in [3.63, 3.8) is 0 Å². The van der Waals surface area contributed by atoms with Crippen molar-refractivity contribution in [2.75, 3.05) is 6.61 Å². The molecular weight excluding hydrogens is 536 g/mol. The Labute approximate surface area is 224 Å². The molecule has 204 valence electrons. The molecule has 3 amide bonds. The number of aliphatic carboxylic acids is 3. The summed E-state index contributed by atoms with van der Waals surface area (Å²) in [5, 5.41) is 30.8. The number of carbonyl (C=O) groups excluding carboxylic acids is 3. The van der Waals surface area contributed by atoms with Crippen molar-refractivity contribution < 1.29 is 53.6 Å². The molecule has 5 N–H and O–H groups in total. The van der Waals surface area contributed by atoms with Crippen molar-refractivity contribution in [3.8, 4) is 11.5 Å². The van der Waals surface area contributed by atoms with Gasteiger partial charge in [0.1, 0.15) is 12.6 Å². The lowest BCUT2D eigenvalue weighted by molar-refractivity contribution is -0.141. The number of carboxylic acids is 3. The minimum absolute atomic E-state index is 0.00507. The molecule has 3 rings (SSSR count). The van der Waals surface area contributed by atoms with Gasteiger partial charge in [-0.3, -0.25) is 24.5 Å². The third-order valence-electron chi connectivity index (χ3n) is 5.12. The first-order valence-electron chi connectivity index (χ1n) is 11.2. The maximum atomic E-state index is 12.4. The molecule has 0 aliphatic carbocycles. The van der Waals surface area contributed by atoms with Crippen LogP contribution < -0.4 is 20.1 Å². The van der Waals surface area contributed by atoms with Gasteiger partial charge in [0.25, 0.3) is 17.1 Å². The smallest absolute Gasteiger partial charge is 0.341 e. The molecule has 0 saturated carbocycles. The monoisotopic (exact) mass is 558 g/mol. The van der Waals surface area contributed by atoms with Crippen LogP contribution in [-0.4, -0.2) is 62.9 Å². The van der Waals surface area contributed by atoms with Crippen molar-refractivity contribution in [1.82, 2.24) is 10.6 Å². The zero-order valence-electron chi connectivity index (χ0n) is 20.0. The van der Waals surface area contributed by atoms with Gasteiger partial charge in [0.05, 0.1) is 4.91 Å². The predicted octanol–water partition coefficient (Wildman–Crippen LogP) is 2.10. The Morgan fingerprint density at radius 1 is 0.949 bits per heavy atom. The Morgan fingerprint density at radius 2 is 1.67 bits per heavy atom. The number of thioether (sulfide) groups is 1. The van der Waals surface area contributed by atoms with Gasteiger partial charge in [-0.25, -0.2) is 9.59 Å². The lowest BCUT2D eigenvalue weighted by atomic mass is 10.1. The molecule has 1 aliphatic rings. The zero-order chi connectivity index (χ0) is 28.5. The SMILES string of the molecule is O=C(O)CC[C@@H](NC(=O)c1ccc(COc2ccc(/C=C3\SC(=O)NC3=O)cc2OCC(=O)O)cc1)C(=O)O. The van der Waals surface area contributed by atoms with E-state index in [1.54, 1.807) is 18.2 Å². The molecule has 1 aliphatic heterocycles. The molecular formula is C25H22N2O11S. The van der Waals surface area contributed by atoms with Crippen LogP contribution in [0.1, 0.15) is 34.3 Å². The van der Waals surface area contributed by atoms with E-state index in [4.69, 9.17) is 19.7 Å². The standard InChI is InChI=1S/C25H22N2O11S/c28-20(29)8-6-16(24(34)35)26-22(32)15-4-1-13(2-5-15)11-37-17-7-3-14(9-18(17)38-12-21(30)31)10-19-23(33)27-25(36)39-19/h1-5,7,9-10,16H,6,8,11-12H2,(H,26,32)(H,28,29)(H,30,31)(H,34,35)(H,27,33,36)/b19-10-/t16-/m1/s1. The van der Waals surface area contributed by atoms with E-state index in [1.807, 2.05) is 0 Å². The molecule has 0 radical (unpaired) electrons. The van der Waals surface area contributed by atoms with Crippen LogP contribution in [0, 0.1) is 0 Å². The summed E-state index contributed by atoms with van der Waals surface area (Å²) in [6.45, 7) is -0.660. The van der Waals surface area contributed by atoms with Crippen molar-refractivity contribution in [2.24, 2.45) is 0 Å². The Hall–Kier alpha value is -4.85. The topological polar surface area (TPSA) is 206 Å². The van der Waals surface area contributed by atoms with Crippen LogP contribution in [0.25, 0.3) is 6.08 Å². The summed E-state index contributed by atoms with van der Waals surface area (Å²) in [4.78, 5) is 68.7. The lowest BCUT2D eigenvalue weighted by Crippen LogP contribution is -2.41. The highest BCUT2D eigenvalue weighted by Crippen LogP contribution is 2.32. The van der Waals surface area contributed by atoms with Crippen molar-refractivity contribution >= 4 is 52.8 Å². The van der Waals surface area contributed by atoms with Crippen LogP contribution in [-0.2, 0) is 25.8 Å². The average molecular weight is 559 g/mol. The third-order valence-corrected chi connectivity index (χ3v) is 5.93. The number of nitrogens with one attached hydrogen (secondary N) is 2. The van der Waals surface area contributed by atoms with E-state index in [-0.39, 0.29) is 35.0 Å². The molecule has 1 saturated heterocycles. The van der Waals surface area contributed by atoms with E-state index >= 15 is 0 Å². The van der Waals surface area contributed by atoms with Gasteiger partial charge in [0.2, 0.25) is 0 Å². The highest BCUT2D eigenvalue weighted by atomic mass is 32.2. The van der Waals surface area contributed by atoms with Gasteiger partial charge in [-0.2, -0.15) is 0 Å². The number of carboxylic acid groups (broad SMARTS) is 3. The number of benzene rings is 2. The van der Waals surface area contributed by atoms with Crippen LogP contribution in [0.3, 0.4) is 0 Å². The van der Waals surface area contributed by atoms with Crippen LogP contribution in [0.15, 0.2) is 47.4 Å². The molecule has 0 bridgehead atoms. The first-order chi connectivity index (χ1) is 18.5. The van der Waals surface area contributed by atoms with Crippen molar-refractivity contribution in [2.45, 2.75) is 25.5 Å². The molecule has 13 nitrogen and oxygen atoms in total. The first-order valence-corrected chi connectivity index (χ1v) is 12.0. The van der Waals surface area contributed by atoms with E-state index in [2.05, 4.69) is 10.6 Å². The molecule has 1 heterocycles. The number of hydrogen-bond acceptors (Lipinski definition) is 9. The molecule has 14 heteroatoms. The Morgan fingerprint density at radius 3 is 2.26 bits per heavy atom. The first kappa shape index (κ1) is 28.7. The minimum Gasteiger partial charge on any atom is -0.485 e. The van der Waals surface area contributed by atoms with Crippen LogP contribution >= 0.6 is 11.8 Å². The number of imide groups is 1. The fraction of sp³-hybridized carbons (Fsp3) is 0.200. The summed E-state index contributed by atoms with van der Waals surface area (Å²) in [5.41, 5.74) is 1.23. The zero-order valence-corrected chi connectivity index (χ0v) is 20.9. The van der Waals surface area contributed by atoms with Gasteiger partial charge in [0, 0.05) is 12.0 Å². The summed E-state index contributed by atoms with van der Waals surface area (Å²) in [6, 6.07) is 9.19. The van der Waals surface area contributed by atoms with Gasteiger partial charge < -0.3 is 30.1 Å². The molecule has 1 fully saturated rings. The number of amides is 3. The second-order valence-corrected chi connectivity index (χ2v) is 9.04. The molecule has 0 aromatic heterocycles. The Balaban J connectivity index is 1.68. The largest absolute Gasteiger partial charge is 0.485 e. The van der Waals surface area contributed by atoms with Gasteiger partial charge in [-0.15, -0.1) is 0 Å². The fourth-order valence-corrected chi connectivity index (χ4v) is 3.92. The summed E-state index contributed by atoms with van der Waals surface area (Å²) in [6.07, 6.45) is 0.759. The minimum atomic E-state index is -1.36. The van der Waals surface area contributed by atoms with E-state index < -0.39 is 54.0 Å². The Kier molecular flexibility index (Phi) is 9.64. The number of carbonyl (C=O) groups is 6. The van der Waals surface area contributed by atoms with Gasteiger partial charge in [0.15, 0.2) is 18.1 Å². The van der Waals surface area contributed by atoms with E-state index in [0.29, 0.717) is 11.1 Å². The maximum absolute atomic E-state index is 12.4. The number of ether oxygens (including phenoxy) is 2. The van der Waals surface area contributed by atoms with E-state index in [9.17, 15) is 33.9 Å². The normalized spacial score (nSPS) is 14.4. The van der Waals surface area contributed by atoms with E-state index in [1.165, 1.54) is 30.3 Å². The van der Waals surface area contributed by atoms with Crippen molar-refractivity contribution in [1.29, 1.82) is 0 Å². The van der Waals surface area contributed by atoms with Crippen LogP contribution in [0.5, 0.6) is 11.5 Å². The van der Waals surface area contributed by atoms with Crippen molar-refractivity contribution in [3.05, 3.63) is 64.1 Å². The van der Waals surface area contributed by atoms with Crippen LogP contribution in [0.2, 0.25) is 0 Å². The second kappa shape index (κ2) is 13.1. The number of rotatable bonds is 13. The highest BCUT2D eigenvalue weighted by Gasteiger charge is 2.25. The van der Waals surface area contributed by atoms with Crippen LogP contribution in [0.4, 0.5) is 4.79 Å². The molecule has 39 heavy (non-hydrogen) atoms. The molecule has 0 unspecified atom stereocenters. The Bertz CT molecular complexity index is 1340. The van der Waals surface area contributed by atoms with E-state index in [0.717, 1.165) is 11.8 Å². The third kappa shape index (κ3) is 8.60. The van der Waals surface area contributed by atoms with Gasteiger partial charge in [-0.1, -0.05) is 18.2 Å². The molecule has 2 aromatic carbocycles. The quantitative estimate of drug-likeness (QED) is 0.224. The maximum Gasteiger partial charge on any atom is 0.341 e. The molecule has 2 aromatic rings. The second-order valence-electron chi connectivity index (χ2n) is 8.02. The van der Waals surface area contributed by atoms with Gasteiger partial charge in [-0.05, 0) is 59.7 Å². The molecule has 1 atom stereocenters. The summed E-state index contributed by atoms with van der Waals surface area (Å²) in [7, 11) is 0. The lowest BCUT2D eigenvalue weighted by Gasteiger charge is -2.14.